The molecule has 0 spiro atoms. The van der Waals surface area contributed by atoms with Crippen LogP contribution in [0.5, 0.6) is 11.5 Å². The largest absolute Gasteiger partial charge is 0.504 e. The van der Waals surface area contributed by atoms with Crippen LogP contribution in [0.2, 0.25) is 0 Å². The number of nitrogens with one attached hydrogen (secondary N) is 1. The minimum Gasteiger partial charge on any atom is -0.504 e. The molecule has 3 N–H and O–H groups in total. The second-order valence-corrected chi connectivity index (χ2v) is 8.91. The molecule has 3 aromatic carbocycles. The van der Waals surface area contributed by atoms with Gasteiger partial charge in [-0.25, -0.2) is 0 Å². The summed E-state index contributed by atoms with van der Waals surface area (Å²) in [7, 11) is 0. The van der Waals surface area contributed by atoms with Crippen molar-refractivity contribution in [2.45, 2.75) is 26.0 Å². The van der Waals surface area contributed by atoms with Gasteiger partial charge in [0.15, 0.2) is 16.6 Å². The third kappa shape index (κ3) is 6.46. The first-order chi connectivity index (χ1) is 16.1. The maximum absolute atomic E-state index is 9.85. The third-order valence-electron chi connectivity index (χ3n) is 5.97. The second kappa shape index (κ2) is 11.2. The molecule has 0 amide bonds. The predicted octanol–water partition coefficient (Wildman–Crippen LogP) is 4.41. The molecular weight excluding hydrogens is 432 g/mol. The summed E-state index contributed by atoms with van der Waals surface area (Å²) in [6.07, 6.45) is 1.68. The second-order valence-electron chi connectivity index (χ2n) is 8.52. The molecular formula is C27H30N2O3S. The molecule has 0 saturated carbocycles. The van der Waals surface area contributed by atoms with Crippen molar-refractivity contribution < 1.29 is 14.9 Å². The topological polar surface area (TPSA) is 65.0 Å². The van der Waals surface area contributed by atoms with E-state index >= 15 is 0 Å². The van der Waals surface area contributed by atoms with Crippen molar-refractivity contribution in [3.05, 3.63) is 95.1 Å². The number of ether oxygens (including phenoxy) is 1. The molecule has 4 rings (SSSR count). The lowest BCUT2D eigenvalue weighted by atomic mass is 9.99. The third-order valence-corrected chi connectivity index (χ3v) is 6.37. The molecule has 1 aliphatic rings. The number of phenolic OH excluding ortho intramolecular Hbond substituents is 2. The Morgan fingerprint density at radius 3 is 2.27 bits per heavy atom. The standard InChI is InChI=1S/C27H30N2O3S/c30-25-14-23-11-12-29(17-24(23)15-26(25)31)27(33)28-16-22(13-20-7-3-1-4-8-20)19-32-18-21-9-5-2-6-10-21/h1-10,14-15,22,30-31H,11-13,16-19H2,(H,28,33). The summed E-state index contributed by atoms with van der Waals surface area (Å²) in [4.78, 5) is 2.11. The van der Waals surface area contributed by atoms with Crippen LogP contribution in [0.25, 0.3) is 0 Å². The fourth-order valence-corrected chi connectivity index (χ4v) is 4.39. The number of benzene rings is 3. The number of hydrogen-bond donors (Lipinski definition) is 3. The Hall–Kier alpha value is -3.09. The van der Waals surface area contributed by atoms with Crippen molar-refractivity contribution in [3.63, 3.8) is 0 Å². The number of phenols is 2. The lowest BCUT2D eigenvalue weighted by Crippen LogP contribution is -2.44. The Morgan fingerprint density at radius 2 is 1.58 bits per heavy atom. The summed E-state index contributed by atoms with van der Waals surface area (Å²) >= 11 is 5.70. The first-order valence-corrected chi connectivity index (χ1v) is 11.7. The van der Waals surface area contributed by atoms with E-state index in [4.69, 9.17) is 17.0 Å². The number of aromatic hydroxyl groups is 2. The van der Waals surface area contributed by atoms with Gasteiger partial charge in [0.1, 0.15) is 0 Å². The van der Waals surface area contributed by atoms with Gasteiger partial charge in [0.25, 0.3) is 0 Å². The average molecular weight is 463 g/mol. The molecule has 1 aliphatic heterocycles. The highest BCUT2D eigenvalue weighted by Crippen LogP contribution is 2.31. The zero-order chi connectivity index (χ0) is 23.0. The molecule has 3 aromatic rings. The minimum atomic E-state index is -0.0898. The minimum absolute atomic E-state index is 0.0674. The molecule has 0 radical (unpaired) electrons. The number of thiocarbonyl (C=S) groups is 1. The summed E-state index contributed by atoms with van der Waals surface area (Å²) in [6.45, 7) is 3.33. The van der Waals surface area contributed by atoms with E-state index in [1.165, 1.54) is 11.1 Å². The van der Waals surface area contributed by atoms with E-state index in [0.717, 1.165) is 30.5 Å². The highest BCUT2D eigenvalue weighted by molar-refractivity contribution is 7.80. The van der Waals surface area contributed by atoms with Crippen molar-refractivity contribution in [1.82, 2.24) is 10.2 Å². The van der Waals surface area contributed by atoms with Crippen molar-refractivity contribution in [2.24, 2.45) is 5.92 Å². The molecule has 1 atom stereocenters. The van der Waals surface area contributed by atoms with Crippen LogP contribution in [0, 0.1) is 5.92 Å². The van der Waals surface area contributed by atoms with Gasteiger partial charge in [0.2, 0.25) is 0 Å². The van der Waals surface area contributed by atoms with Gasteiger partial charge >= 0.3 is 0 Å². The number of nitrogens with zero attached hydrogens (tertiary/aromatic N) is 1. The van der Waals surface area contributed by atoms with Crippen LogP contribution in [-0.4, -0.2) is 39.9 Å². The number of fused-ring (bicyclic) bond motifs is 1. The average Bonchev–Trinajstić information content (AvgIpc) is 2.84. The Morgan fingerprint density at radius 1 is 0.939 bits per heavy atom. The maximum atomic E-state index is 9.85. The first-order valence-electron chi connectivity index (χ1n) is 11.3. The van der Waals surface area contributed by atoms with Gasteiger partial charge in [-0.05, 0) is 59.4 Å². The first kappa shape index (κ1) is 23.1. The lowest BCUT2D eigenvalue weighted by molar-refractivity contribution is 0.0877. The van der Waals surface area contributed by atoms with E-state index in [9.17, 15) is 10.2 Å². The summed E-state index contributed by atoms with van der Waals surface area (Å²) in [5, 5.41) is 23.7. The summed E-state index contributed by atoms with van der Waals surface area (Å²) in [5.41, 5.74) is 4.50. The molecule has 1 heterocycles. The Bertz CT molecular complexity index is 1060. The molecule has 0 bridgehead atoms. The Balaban J connectivity index is 1.34. The maximum Gasteiger partial charge on any atom is 0.169 e. The number of rotatable bonds is 8. The summed E-state index contributed by atoms with van der Waals surface area (Å²) in [5.74, 6) is 0.113. The molecule has 33 heavy (non-hydrogen) atoms. The van der Waals surface area contributed by atoms with Crippen LogP contribution in [-0.2, 0) is 30.7 Å². The smallest absolute Gasteiger partial charge is 0.169 e. The highest BCUT2D eigenvalue weighted by atomic mass is 32.1. The monoisotopic (exact) mass is 462 g/mol. The summed E-state index contributed by atoms with van der Waals surface area (Å²) < 4.78 is 6.05. The van der Waals surface area contributed by atoms with Crippen LogP contribution in [0.3, 0.4) is 0 Å². The molecule has 0 saturated heterocycles. The van der Waals surface area contributed by atoms with Crippen LogP contribution in [0.15, 0.2) is 72.8 Å². The Labute approximate surface area is 200 Å². The molecule has 5 nitrogen and oxygen atoms in total. The van der Waals surface area contributed by atoms with Crippen molar-refractivity contribution in [2.75, 3.05) is 19.7 Å². The molecule has 0 aliphatic carbocycles. The summed E-state index contributed by atoms with van der Waals surface area (Å²) in [6, 6.07) is 23.9. The fraction of sp³-hybridized carbons (Fsp3) is 0.296. The van der Waals surface area contributed by atoms with Gasteiger partial charge in [-0.15, -0.1) is 0 Å². The zero-order valence-corrected chi connectivity index (χ0v) is 19.4. The Kier molecular flexibility index (Phi) is 7.81. The SMILES string of the molecule is Oc1cc2c(cc1O)CN(C(=S)NCC(COCc1ccccc1)Cc1ccccc1)CC2. The number of hydrogen-bond acceptors (Lipinski definition) is 4. The van der Waals surface area contributed by atoms with E-state index in [0.29, 0.717) is 31.4 Å². The van der Waals surface area contributed by atoms with Crippen molar-refractivity contribution >= 4 is 17.3 Å². The van der Waals surface area contributed by atoms with Gasteiger partial charge in [-0.3, -0.25) is 0 Å². The van der Waals surface area contributed by atoms with E-state index in [1.807, 2.05) is 24.3 Å². The van der Waals surface area contributed by atoms with Gasteiger partial charge < -0.3 is 25.2 Å². The molecule has 0 aromatic heterocycles. The zero-order valence-electron chi connectivity index (χ0n) is 18.6. The molecule has 6 heteroatoms. The van der Waals surface area contributed by atoms with E-state index < -0.39 is 0 Å². The van der Waals surface area contributed by atoms with Crippen LogP contribution in [0.4, 0.5) is 0 Å². The molecule has 0 fully saturated rings. The van der Waals surface area contributed by atoms with Crippen LogP contribution >= 0.6 is 12.2 Å². The van der Waals surface area contributed by atoms with Gasteiger partial charge in [-0.2, -0.15) is 0 Å². The van der Waals surface area contributed by atoms with Crippen molar-refractivity contribution in [1.29, 1.82) is 0 Å². The van der Waals surface area contributed by atoms with Crippen molar-refractivity contribution in [3.8, 4) is 11.5 Å². The highest BCUT2D eigenvalue weighted by Gasteiger charge is 2.21. The quantitative estimate of drug-likeness (QED) is 0.341. The molecule has 172 valence electrons. The normalized spacial score (nSPS) is 13.9. The van der Waals surface area contributed by atoms with E-state index in [-0.39, 0.29) is 17.4 Å². The van der Waals surface area contributed by atoms with Crippen LogP contribution in [0.1, 0.15) is 22.3 Å². The lowest BCUT2D eigenvalue weighted by Gasteiger charge is -2.32. The predicted molar refractivity (Wildman–Crippen MR) is 134 cm³/mol. The van der Waals surface area contributed by atoms with Crippen LogP contribution < -0.4 is 5.32 Å². The fourth-order valence-electron chi connectivity index (χ4n) is 4.16. The van der Waals surface area contributed by atoms with E-state index in [2.05, 4.69) is 46.6 Å². The van der Waals surface area contributed by atoms with Gasteiger partial charge in [0.05, 0.1) is 13.2 Å². The molecule has 1 unspecified atom stereocenters. The van der Waals surface area contributed by atoms with E-state index in [1.54, 1.807) is 12.1 Å². The van der Waals surface area contributed by atoms with Gasteiger partial charge in [-0.1, -0.05) is 60.7 Å². The van der Waals surface area contributed by atoms with Gasteiger partial charge in [0, 0.05) is 25.6 Å².